The third-order valence-corrected chi connectivity index (χ3v) is 4.62. The van der Waals surface area contributed by atoms with Gasteiger partial charge in [0.1, 0.15) is 0 Å². The first-order valence-electron chi connectivity index (χ1n) is 5.30. The normalized spacial score (nSPS) is 10.4. The second-order valence-electron chi connectivity index (χ2n) is 3.71. The summed E-state index contributed by atoms with van der Waals surface area (Å²) in [4.78, 5) is 12.8. The van der Waals surface area contributed by atoms with E-state index in [2.05, 4.69) is 0 Å². The van der Waals surface area contributed by atoms with E-state index in [1.54, 1.807) is 11.8 Å². The van der Waals surface area contributed by atoms with Gasteiger partial charge in [-0.1, -0.05) is 23.4 Å². The monoisotopic (exact) mass is 314 g/mol. The summed E-state index contributed by atoms with van der Waals surface area (Å²) in [5.41, 5.74) is 5.84. The highest BCUT2D eigenvalue weighted by Gasteiger charge is 2.12. The van der Waals surface area contributed by atoms with Crippen LogP contribution in [-0.2, 0) is 6.54 Å². The minimum Gasteiger partial charge on any atom is -0.350 e. The van der Waals surface area contributed by atoms with Crippen LogP contribution in [0, 0.1) is 0 Å². The van der Waals surface area contributed by atoms with Crippen molar-refractivity contribution in [1.82, 2.24) is 5.06 Å². The number of amides is 2. The summed E-state index contributed by atoms with van der Waals surface area (Å²) in [6, 6.07) is 6.60. The molecule has 0 atom stereocenters. The van der Waals surface area contributed by atoms with Crippen LogP contribution in [0.15, 0.2) is 44.8 Å². The van der Waals surface area contributed by atoms with E-state index in [0.29, 0.717) is 10.1 Å². The van der Waals surface area contributed by atoms with Crippen molar-refractivity contribution in [3.8, 4) is 0 Å². The van der Waals surface area contributed by atoms with Gasteiger partial charge in [-0.05, 0) is 35.2 Å². The molecule has 0 fully saturated rings. The highest BCUT2D eigenvalue weighted by molar-refractivity contribution is 7.99. The number of nitrogens with two attached hydrogens (primary N) is 1. The first-order valence-corrected chi connectivity index (χ1v) is 7.44. The Morgan fingerprint density at radius 3 is 2.68 bits per heavy atom. The smallest absolute Gasteiger partial charge is 0.338 e. The summed E-state index contributed by atoms with van der Waals surface area (Å²) in [5.74, 6) is 0. The predicted molar refractivity (Wildman–Crippen MR) is 76.8 cm³/mol. The molecule has 4 nitrogen and oxygen atoms in total. The zero-order chi connectivity index (χ0) is 13.8. The van der Waals surface area contributed by atoms with Crippen LogP contribution in [0.5, 0.6) is 0 Å². The summed E-state index contributed by atoms with van der Waals surface area (Å²) >= 11 is 8.88. The molecule has 0 radical (unpaired) electrons. The number of benzene rings is 1. The van der Waals surface area contributed by atoms with Crippen LogP contribution < -0.4 is 5.73 Å². The second-order valence-corrected chi connectivity index (χ2v) is 6.01. The molecular formula is C12H11ClN2O2S2. The number of urea groups is 1. The molecule has 2 amide bonds. The molecule has 100 valence electrons. The Balaban J connectivity index is 2.11. The van der Waals surface area contributed by atoms with Crippen LogP contribution in [-0.4, -0.2) is 16.3 Å². The first kappa shape index (κ1) is 14.2. The van der Waals surface area contributed by atoms with Gasteiger partial charge in [0, 0.05) is 20.2 Å². The molecular weight excluding hydrogens is 304 g/mol. The lowest BCUT2D eigenvalue weighted by atomic mass is 10.3. The van der Waals surface area contributed by atoms with Gasteiger partial charge >= 0.3 is 6.03 Å². The van der Waals surface area contributed by atoms with Crippen LogP contribution in [0.4, 0.5) is 4.79 Å². The average Bonchev–Trinajstić information content (AvgIpc) is 2.79. The van der Waals surface area contributed by atoms with Gasteiger partial charge in [-0.15, -0.1) is 0 Å². The van der Waals surface area contributed by atoms with E-state index in [0.717, 1.165) is 15.4 Å². The zero-order valence-corrected chi connectivity index (χ0v) is 12.1. The molecule has 1 aromatic heterocycles. The summed E-state index contributed by atoms with van der Waals surface area (Å²) in [5, 5.41) is 14.4. The van der Waals surface area contributed by atoms with Crippen molar-refractivity contribution in [1.29, 1.82) is 0 Å². The SMILES string of the molecule is NC(=O)N(O)Cc1cscc1Sc1ccc(Cl)cc1. The van der Waals surface area contributed by atoms with Gasteiger partial charge in [-0.25, -0.2) is 9.86 Å². The number of hydrogen-bond donors (Lipinski definition) is 2. The molecule has 0 aliphatic rings. The Morgan fingerprint density at radius 2 is 2.05 bits per heavy atom. The summed E-state index contributed by atoms with van der Waals surface area (Å²) < 4.78 is 0. The van der Waals surface area contributed by atoms with Crippen molar-refractivity contribution < 1.29 is 10.0 Å². The Hall–Kier alpha value is -1.21. The number of halogens is 1. The van der Waals surface area contributed by atoms with Gasteiger partial charge in [0.2, 0.25) is 0 Å². The third kappa shape index (κ3) is 3.87. The van der Waals surface area contributed by atoms with Crippen molar-refractivity contribution in [2.45, 2.75) is 16.3 Å². The quantitative estimate of drug-likeness (QED) is 0.666. The minimum absolute atomic E-state index is 0.0781. The molecule has 0 bridgehead atoms. The minimum atomic E-state index is -0.867. The van der Waals surface area contributed by atoms with Crippen molar-refractivity contribution in [3.63, 3.8) is 0 Å². The van der Waals surface area contributed by atoms with Crippen LogP contribution in [0.1, 0.15) is 5.56 Å². The maximum atomic E-state index is 10.8. The molecule has 1 aromatic carbocycles. The number of carbonyl (C=O) groups excluding carboxylic acids is 1. The fraction of sp³-hybridized carbons (Fsp3) is 0.0833. The number of rotatable bonds is 4. The topological polar surface area (TPSA) is 66.6 Å². The number of primary amides is 1. The molecule has 2 rings (SSSR count). The Bertz CT molecular complexity index is 571. The van der Waals surface area contributed by atoms with E-state index >= 15 is 0 Å². The molecule has 0 aliphatic carbocycles. The zero-order valence-electron chi connectivity index (χ0n) is 9.75. The van der Waals surface area contributed by atoms with Gasteiger partial charge < -0.3 is 5.73 Å². The standard InChI is InChI=1S/C12H11ClN2O2S2/c13-9-1-3-10(4-2-9)19-11-7-18-6-8(11)5-15(17)12(14)16/h1-4,6-7,17H,5H2,(H2,14,16). The third-order valence-electron chi connectivity index (χ3n) is 2.32. The molecule has 3 N–H and O–H groups in total. The molecule has 7 heteroatoms. The van der Waals surface area contributed by atoms with Crippen LogP contribution in [0.2, 0.25) is 5.02 Å². The number of hydrogen-bond acceptors (Lipinski definition) is 4. The van der Waals surface area contributed by atoms with E-state index in [9.17, 15) is 10.0 Å². The van der Waals surface area contributed by atoms with Gasteiger partial charge in [0.25, 0.3) is 0 Å². The lowest BCUT2D eigenvalue weighted by molar-refractivity contribution is -0.0474. The van der Waals surface area contributed by atoms with E-state index in [4.69, 9.17) is 17.3 Å². The van der Waals surface area contributed by atoms with Crippen molar-refractivity contribution in [2.75, 3.05) is 0 Å². The highest BCUT2D eigenvalue weighted by Crippen LogP contribution is 2.33. The average molecular weight is 315 g/mol. The lowest BCUT2D eigenvalue weighted by Crippen LogP contribution is -2.31. The van der Waals surface area contributed by atoms with Gasteiger partial charge in [0.05, 0.1) is 6.54 Å². The largest absolute Gasteiger partial charge is 0.350 e. The summed E-state index contributed by atoms with van der Waals surface area (Å²) in [6.07, 6.45) is 0. The maximum absolute atomic E-state index is 10.8. The predicted octanol–water partition coefficient (Wildman–Crippen LogP) is 3.82. The van der Waals surface area contributed by atoms with Gasteiger partial charge in [-0.3, -0.25) is 5.21 Å². The highest BCUT2D eigenvalue weighted by atomic mass is 35.5. The fourth-order valence-electron chi connectivity index (χ4n) is 1.39. The van der Waals surface area contributed by atoms with Crippen molar-refractivity contribution >= 4 is 40.7 Å². The number of thiophene rings is 1. The van der Waals surface area contributed by atoms with Crippen LogP contribution >= 0.6 is 34.7 Å². The number of hydroxylamine groups is 2. The number of nitrogens with zero attached hydrogens (tertiary/aromatic N) is 1. The molecule has 19 heavy (non-hydrogen) atoms. The molecule has 2 aromatic rings. The van der Waals surface area contributed by atoms with E-state index < -0.39 is 6.03 Å². The maximum Gasteiger partial charge on any atom is 0.338 e. The van der Waals surface area contributed by atoms with Crippen LogP contribution in [0.3, 0.4) is 0 Å². The molecule has 0 saturated heterocycles. The second kappa shape index (κ2) is 6.29. The fourth-order valence-corrected chi connectivity index (χ4v) is 3.43. The van der Waals surface area contributed by atoms with E-state index in [1.165, 1.54) is 11.3 Å². The molecule has 0 aliphatic heterocycles. The molecule has 0 unspecified atom stereocenters. The number of carbonyl (C=O) groups is 1. The first-order chi connectivity index (χ1) is 9.06. The van der Waals surface area contributed by atoms with E-state index in [1.807, 2.05) is 35.0 Å². The van der Waals surface area contributed by atoms with Crippen molar-refractivity contribution in [2.24, 2.45) is 5.73 Å². The lowest BCUT2D eigenvalue weighted by Gasteiger charge is -2.12. The molecule has 0 spiro atoms. The Kier molecular flexibility index (Phi) is 4.71. The summed E-state index contributed by atoms with van der Waals surface area (Å²) in [7, 11) is 0. The molecule has 0 saturated carbocycles. The van der Waals surface area contributed by atoms with Crippen molar-refractivity contribution in [3.05, 3.63) is 45.6 Å². The summed E-state index contributed by atoms with van der Waals surface area (Å²) in [6.45, 7) is 0.0781. The Morgan fingerprint density at radius 1 is 1.37 bits per heavy atom. The van der Waals surface area contributed by atoms with Crippen LogP contribution in [0.25, 0.3) is 0 Å². The van der Waals surface area contributed by atoms with Gasteiger partial charge in [0.15, 0.2) is 0 Å². The Labute approximate surface area is 123 Å². The van der Waals surface area contributed by atoms with Gasteiger partial charge in [-0.2, -0.15) is 11.3 Å². The van der Waals surface area contributed by atoms with E-state index in [-0.39, 0.29) is 6.54 Å². The molecule has 1 heterocycles.